The van der Waals surface area contributed by atoms with E-state index in [0.29, 0.717) is 0 Å². The topological polar surface area (TPSA) is 80.8 Å². The number of hydrogen-bond donors (Lipinski definition) is 0. The number of ether oxygens (including phenoxy) is 1. The highest BCUT2D eigenvalue weighted by molar-refractivity contribution is 7.87. The first-order chi connectivity index (χ1) is 7.60. The lowest BCUT2D eigenvalue weighted by molar-refractivity contribution is -0.157. The molecule has 98 valence electrons. The minimum absolute atomic E-state index is 0.334. The molecule has 17 heavy (non-hydrogen) atoms. The molecule has 6 nitrogen and oxygen atoms in total. The lowest BCUT2D eigenvalue weighted by Gasteiger charge is -2.32. The number of carbonyl (C=O) groups is 2. The van der Waals surface area contributed by atoms with Crippen LogP contribution >= 0.6 is 0 Å². The molecule has 1 aliphatic heterocycles. The number of hydrogen-bond acceptors (Lipinski definition) is 5. The first-order valence-corrected chi connectivity index (χ1v) is 6.37. The number of esters is 1. The molecule has 1 unspecified atom stereocenters. The predicted octanol–water partition coefficient (Wildman–Crippen LogP) is -0.162. The summed E-state index contributed by atoms with van der Waals surface area (Å²) in [6.07, 6.45) is -0.445. The standard InChI is InChI=1S/C9H14FNO5S/c1-9(2,8(13)16-3)11-5-6(4-7(11)12)17(10,14)15/h6H,4-5H2,1-3H3. The molecule has 1 rings (SSSR count). The number of likely N-dealkylation sites (tertiary alicyclic amines) is 1. The number of carbonyl (C=O) groups excluding carboxylic acids is 2. The van der Waals surface area contributed by atoms with Crippen molar-refractivity contribution in [3.05, 3.63) is 0 Å². The van der Waals surface area contributed by atoms with E-state index in [4.69, 9.17) is 0 Å². The Kier molecular flexibility index (Phi) is 3.47. The number of methoxy groups -OCH3 is 1. The van der Waals surface area contributed by atoms with Gasteiger partial charge in [0.05, 0.1) is 7.11 Å². The van der Waals surface area contributed by atoms with Crippen LogP contribution in [0.5, 0.6) is 0 Å². The summed E-state index contributed by atoms with van der Waals surface area (Å²) in [7, 11) is -3.61. The zero-order chi connectivity index (χ0) is 13.4. The lowest BCUT2D eigenvalue weighted by atomic mass is 10.0. The van der Waals surface area contributed by atoms with E-state index in [2.05, 4.69) is 4.74 Å². The van der Waals surface area contributed by atoms with Crippen LogP contribution in [0.15, 0.2) is 0 Å². The average molecular weight is 267 g/mol. The van der Waals surface area contributed by atoms with Crippen molar-refractivity contribution < 1.29 is 26.6 Å². The van der Waals surface area contributed by atoms with Crippen LogP contribution in [0.2, 0.25) is 0 Å². The minimum Gasteiger partial charge on any atom is -0.467 e. The summed E-state index contributed by atoms with van der Waals surface area (Å²) < 4.78 is 38.8. The Morgan fingerprint density at radius 3 is 2.41 bits per heavy atom. The Morgan fingerprint density at radius 1 is 1.53 bits per heavy atom. The summed E-state index contributed by atoms with van der Waals surface area (Å²) in [5.41, 5.74) is -1.30. The van der Waals surface area contributed by atoms with E-state index >= 15 is 0 Å². The molecule has 1 aliphatic rings. The fourth-order valence-electron chi connectivity index (χ4n) is 1.76. The van der Waals surface area contributed by atoms with Crippen molar-refractivity contribution in [3.8, 4) is 0 Å². The third kappa shape index (κ3) is 2.56. The van der Waals surface area contributed by atoms with E-state index < -0.39 is 39.3 Å². The van der Waals surface area contributed by atoms with Crippen molar-refractivity contribution in [2.24, 2.45) is 0 Å². The molecule has 0 spiro atoms. The fraction of sp³-hybridized carbons (Fsp3) is 0.778. The van der Waals surface area contributed by atoms with Crippen molar-refractivity contribution in [3.63, 3.8) is 0 Å². The van der Waals surface area contributed by atoms with E-state index in [9.17, 15) is 21.9 Å². The van der Waals surface area contributed by atoms with E-state index in [1.807, 2.05) is 0 Å². The highest BCUT2D eigenvalue weighted by atomic mass is 32.3. The van der Waals surface area contributed by atoms with Gasteiger partial charge in [-0.3, -0.25) is 4.79 Å². The first kappa shape index (κ1) is 13.9. The maximum absolute atomic E-state index is 12.8. The fourth-order valence-corrected chi connectivity index (χ4v) is 2.43. The van der Waals surface area contributed by atoms with Crippen molar-refractivity contribution in [1.82, 2.24) is 4.90 Å². The molecular weight excluding hydrogens is 253 g/mol. The molecule has 0 aromatic rings. The molecule has 0 aliphatic carbocycles. The maximum Gasteiger partial charge on any atom is 0.331 e. The molecule has 1 heterocycles. The van der Waals surface area contributed by atoms with Gasteiger partial charge in [0.1, 0.15) is 10.8 Å². The van der Waals surface area contributed by atoms with Gasteiger partial charge in [-0.1, -0.05) is 0 Å². The molecule has 0 N–H and O–H groups in total. The van der Waals surface area contributed by atoms with Gasteiger partial charge in [0.15, 0.2) is 0 Å². The van der Waals surface area contributed by atoms with Crippen LogP contribution in [0.1, 0.15) is 20.3 Å². The Hall–Kier alpha value is -1.18. The molecule has 0 aromatic heterocycles. The molecule has 1 amide bonds. The monoisotopic (exact) mass is 267 g/mol. The van der Waals surface area contributed by atoms with E-state index in [1.54, 1.807) is 0 Å². The lowest BCUT2D eigenvalue weighted by Crippen LogP contribution is -2.51. The number of nitrogens with zero attached hydrogens (tertiary/aromatic N) is 1. The van der Waals surface area contributed by atoms with E-state index in [-0.39, 0.29) is 6.54 Å². The quantitative estimate of drug-likeness (QED) is 0.524. The molecule has 0 saturated carbocycles. The van der Waals surface area contributed by atoms with Gasteiger partial charge < -0.3 is 9.64 Å². The third-order valence-electron chi connectivity index (χ3n) is 2.85. The number of halogens is 1. The Morgan fingerprint density at radius 2 is 2.06 bits per heavy atom. The second kappa shape index (κ2) is 4.25. The van der Waals surface area contributed by atoms with Gasteiger partial charge in [-0.2, -0.15) is 8.42 Å². The molecule has 8 heteroatoms. The van der Waals surface area contributed by atoms with E-state index in [1.165, 1.54) is 13.8 Å². The second-order valence-corrected chi connectivity index (χ2v) is 5.97. The molecular formula is C9H14FNO5S. The summed E-state index contributed by atoms with van der Waals surface area (Å²) in [6.45, 7) is 2.51. The maximum atomic E-state index is 12.8. The summed E-state index contributed by atoms with van der Waals surface area (Å²) in [5, 5.41) is -1.40. The largest absolute Gasteiger partial charge is 0.467 e. The zero-order valence-electron chi connectivity index (χ0n) is 9.77. The van der Waals surface area contributed by atoms with Gasteiger partial charge in [-0.25, -0.2) is 4.79 Å². The van der Waals surface area contributed by atoms with Crippen LogP contribution in [-0.4, -0.2) is 49.6 Å². The molecule has 0 radical (unpaired) electrons. The Bertz CT molecular complexity index is 444. The SMILES string of the molecule is COC(=O)C(C)(C)N1CC(S(=O)(=O)F)CC1=O. The van der Waals surface area contributed by atoms with Crippen LogP contribution in [-0.2, 0) is 24.5 Å². The van der Waals surface area contributed by atoms with Crippen LogP contribution in [0.25, 0.3) is 0 Å². The Labute approximate surface area is 98.9 Å². The average Bonchev–Trinajstić information content (AvgIpc) is 2.59. The molecule has 0 aromatic carbocycles. The molecule has 1 saturated heterocycles. The Balaban J connectivity index is 2.96. The zero-order valence-corrected chi connectivity index (χ0v) is 10.6. The van der Waals surface area contributed by atoms with Gasteiger partial charge in [-0.15, -0.1) is 3.89 Å². The number of rotatable bonds is 3. The second-order valence-electron chi connectivity index (χ2n) is 4.36. The van der Waals surface area contributed by atoms with Crippen molar-refractivity contribution in [2.45, 2.75) is 31.1 Å². The van der Waals surface area contributed by atoms with Crippen LogP contribution in [0, 0.1) is 0 Å². The highest BCUT2D eigenvalue weighted by Crippen LogP contribution is 2.27. The molecule has 0 bridgehead atoms. The summed E-state index contributed by atoms with van der Waals surface area (Å²) in [4.78, 5) is 24.1. The van der Waals surface area contributed by atoms with Crippen LogP contribution < -0.4 is 0 Å². The van der Waals surface area contributed by atoms with Crippen molar-refractivity contribution >= 4 is 22.1 Å². The summed E-state index contributed by atoms with van der Waals surface area (Å²) in [5.74, 6) is -1.26. The van der Waals surface area contributed by atoms with Gasteiger partial charge in [0.2, 0.25) is 5.91 Å². The minimum atomic E-state index is -4.78. The summed E-state index contributed by atoms with van der Waals surface area (Å²) >= 11 is 0. The molecule has 1 atom stereocenters. The highest BCUT2D eigenvalue weighted by Gasteiger charge is 2.47. The summed E-state index contributed by atoms with van der Waals surface area (Å²) in [6, 6.07) is 0. The predicted molar refractivity (Wildman–Crippen MR) is 56.2 cm³/mol. The first-order valence-electron chi connectivity index (χ1n) is 4.93. The smallest absolute Gasteiger partial charge is 0.331 e. The van der Waals surface area contributed by atoms with Crippen LogP contribution in [0.3, 0.4) is 0 Å². The number of amides is 1. The van der Waals surface area contributed by atoms with Gasteiger partial charge in [0, 0.05) is 13.0 Å². The van der Waals surface area contributed by atoms with E-state index in [0.717, 1.165) is 12.0 Å². The van der Waals surface area contributed by atoms with Crippen LogP contribution in [0.4, 0.5) is 3.89 Å². The van der Waals surface area contributed by atoms with Crippen molar-refractivity contribution in [1.29, 1.82) is 0 Å². The van der Waals surface area contributed by atoms with Crippen molar-refractivity contribution in [2.75, 3.05) is 13.7 Å². The normalized spacial score (nSPS) is 21.8. The van der Waals surface area contributed by atoms with Gasteiger partial charge in [0.25, 0.3) is 0 Å². The third-order valence-corrected chi connectivity index (χ3v) is 3.96. The molecule has 1 fully saturated rings. The van der Waals surface area contributed by atoms with Gasteiger partial charge >= 0.3 is 16.2 Å². The van der Waals surface area contributed by atoms with Gasteiger partial charge in [-0.05, 0) is 13.8 Å².